The molecule has 1 heterocycles. The van der Waals surface area contributed by atoms with E-state index in [-0.39, 0.29) is 0 Å². The molecule has 0 fully saturated rings. The minimum atomic E-state index is 0.746. The molecule has 130 valence electrons. The van der Waals surface area contributed by atoms with E-state index in [0.29, 0.717) is 0 Å². The van der Waals surface area contributed by atoms with Crippen molar-refractivity contribution in [1.82, 2.24) is 9.78 Å². The van der Waals surface area contributed by atoms with Gasteiger partial charge in [-0.05, 0) is 55.8 Å². The molecule has 1 aromatic heterocycles. The Morgan fingerprint density at radius 3 is 2.00 bits per heavy atom. The maximum Gasteiger partial charge on any atom is 0.127 e. The predicted octanol–water partition coefficient (Wildman–Crippen LogP) is 4.45. The fourth-order valence-corrected chi connectivity index (χ4v) is 2.68. The lowest BCUT2D eigenvalue weighted by Crippen LogP contribution is -2.01. The highest BCUT2D eigenvalue weighted by molar-refractivity contribution is 5.52. The fourth-order valence-electron chi connectivity index (χ4n) is 2.68. The van der Waals surface area contributed by atoms with Crippen LogP contribution in [0.15, 0.2) is 48.5 Å². The smallest absolute Gasteiger partial charge is 0.127 e. The van der Waals surface area contributed by atoms with Gasteiger partial charge in [0.1, 0.15) is 17.2 Å². The van der Waals surface area contributed by atoms with Crippen LogP contribution in [0.25, 0.3) is 0 Å². The van der Waals surface area contributed by atoms with E-state index in [2.05, 4.69) is 29.5 Å². The second-order valence-corrected chi connectivity index (χ2v) is 5.94. The largest absolute Gasteiger partial charge is 0.497 e. The first kappa shape index (κ1) is 16.9. The van der Waals surface area contributed by atoms with Crippen molar-refractivity contribution in [3.05, 3.63) is 65.5 Å². The SMILES string of the molecule is COc1ccc(Oc2ccc(CNc3c(C)nn(C)c3C)cc2)cc1. The lowest BCUT2D eigenvalue weighted by molar-refractivity contribution is 0.413. The van der Waals surface area contributed by atoms with Crippen LogP contribution in [0, 0.1) is 13.8 Å². The molecule has 5 heteroatoms. The lowest BCUT2D eigenvalue weighted by Gasteiger charge is -2.09. The van der Waals surface area contributed by atoms with Crippen molar-refractivity contribution in [2.45, 2.75) is 20.4 Å². The van der Waals surface area contributed by atoms with Gasteiger partial charge in [0.25, 0.3) is 0 Å². The Kier molecular flexibility index (Phi) is 4.93. The lowest BCUT2D eigenvalue weighted by atomic mass is 10.2. The van der Waals surface area contributed by atoms with E-state index in [0.717, 1.165) is 40.9 Å². The predicted molar refractivity (Wildman–Crippen MR) is 99.5 cm³/mol. The van der Waals surface area contributed by atoms with Crippen molar-refractivity contribution in [1.29, 1.82) is 0 Å². The standard InChI is InChI=1S/C20H23N3O2/c1-14-20(15(2)23(3)22-14)21-13-16-5-7-18(8-6-16)25-19-11-9-17(24-4)10-12-19/h5-12,21H,13H2,1-4H3. The summed E-state index contributed by atoms with van der Waals surface area (Å²) in [4.78, 5) is 0. The quantitative estimate of drug-likeness (QED) is 0.722. The molecule has 0 bridgehead atoms. The van der Waals surface area contributed by atoms with Crippen LogP contribution < -0.4 is 14.8 Å². The molecule has 0 saturated heterocycles. The van der Waals surface area contributed by atoms with Gasteiger partial charge in [0, 0.05) is 13.6 Å². The maximum absolute atomic E-state index is 5.85. The number of nitrogens with one attached hydrogen (secondary N) is 1. The van der Waals surface area contributed by atoms with Crippen molar-refractivity contribution in [3.63, 3.8) is 0 Å². The third-order valence-electron chi connectivity index (χ3n) is 4.20. The molecule has 0 aliphatic carbocycles. The molecule has 0 saturated carbocycles. The van der Waals surface area contributed by atoms with Crippen molar-refractivity contribution in [2.75, 3.05) is 12.4 Å². The summed E-state index contributed by atoms with van der Waals surface area (Å²) in [6, 6.07) is 15.6. The summed E-state index contributed by atoms with van der Waals surface area (Å²) < 4.78 is 12.9. The van der Waals surface area contributed by atoms with Gasteiger partial charge in [0.15, 0.2) is 0 Å². The molecule has 3 aromatic rings. The highest BCUT2D eigenvalue weighted by Crippen LogP contribution is 2.24. The molecule has 0 amide bonds. The summed E-state index contributed by atoms with van der Waals surface area (Å²) in [5.41, 5.74) is 4.43. The van der Waals surface area contributed by atoms with Crippen LogP contribution in [0.5, 0.6) is 17.2 Å². The van der Waals surface area contributed by atoms with E-state index in [4.69, 9.17) is 9.47 Å². The van der Waals surface area contributed by atoms with Gasteiger partial charge in [-0.15, -0.1) is 0 Å². The minimum absolute atomic E-state index is 0.746. The Morgan fingerprint density at radius 2 is 1.48 bits per heavy atom. The molecule has 0 spiro atoms. The van der Waals surface area contributed by atoms with E-state index in [1.807, 2.05) is 55.1 Å². The Balaban J connectivity index is 1.61. The summed E-state index contributed by atoms with van der Waals surface area (Å²) in [5.74, 6) is 2.41. The first-order valence-electron chi connectivity index (χ1n) is 8.21. The molecule has 2 aromatic carbocycles. The fraction of sp³-hybridized carbons (Fsp3) is 0.250. The van der Waals surface area contributed by atoms with Crippen LogP contribution >= 0.6 is 0 Å². The number of methoxy groups -OCH3 is 1. The molecule has 0 radical (unpaired) electrons. The number of anilines is 1. The van der Waals surface area contributed by atoms with Crippen LogP contribution in [0.1, 0.15) is 17.0 Å². The van der Waals surface area contributed by atoms with Crippen molar-refractivity contribution in [2.24, 2.45) is 7.05 Å². The third kappa shape index (κ3) is 3.94. The third-order valence-corrected chi connectivity index (χ3v) is 4.20. The van der Waals surface area contributed by atoms with Crippen LogP contribution in [0.4, 0.5) is 5.69 Å². The molecule has 3 rings (SSSR count). The second kappa shape index (κ2) is 7.30. The molecule has 0 unspecified atom stereocenters. The normalized spacial score (nSPS) is 10.6. The zero-order chi connectivity index (χ0) is 17.8. The molecular weight excluding hydrogens is 314 g/mol. The van der Waals surface area contributed by atoms with E-state index < -0.39 is 0 Å². The number of aryl methyl sites for hydroxylation is 2. The Bertz CT molecular complexity index is 837. The molecule has 0 atom stereocenters. The second-order valence-electron chi connectivity index (χ2n) is 5.94. The molecule has 1 N–H and O–H groups in total. The van der Waals surface area contributed by atoms with Crippen LogP contribution in [0.3, 0.4) is 0 Å². The van der Waals surface area contributed by atoms with Gasteiger partial charge >= 0.3 is 0 Å². The minimum Gasteiger partial charge on any atom is -0.497 e. The number of rotatable bonds is 6. The Labute approximate surface area is 148 Å². The van der Waals surface area contributed by atoms with Gasteiger partial charge in [-0.2, -0.15) is 5.10 Å². The summed E-state index contributed by atoms with van der Waals surface area (Å²) in [5, 5.41) is 7.88. The van der Waals surface area contributed by atoms with Gasteiger partial charge in [0.2, 0.25) is 0 Å². The highest BCUT2D eigenvalue weighted by atomic mass is 16.5. The molecule has 0 aliphatic rings. The van der Waals surface area contributed by atoms with E-state index in [1.54, 1.807) is 7.11 Å². The zero-order valence-electron chi connectivity index (χ0n) is 15.0. The van der Waals surface area contributed by atoms with E-state index in [9.17, 15) is 0 Å². The summed E-state index contributed by atoms with van der Waals surface area (Å²) in [6.45, 7) is 4.82. The average Bonchev–Trinajstić information content (AvgIpc) is 2.87. The van der Waals surface area contributed by atoms with E-state index in [1.165, 1.54) is 5.56 Å². The van der Waals surface area contributed by atoms with Crippen LogP contribution in [-0.4, -0.2) is 16.9 Å². The zero-order valence-corrected chi connectivity index (χ0v) is 15.0. The van der Waals surface area contributed by atoms with Crippen LogP contribution in [-0.2, 0) is 13.6 Å². The summed E-state index contributed by atoms with van der Waals surface area (Å²) in [7, 11) is 3.61. The average molecular weight is 337 g/mol. The van der Waals surface area contributed by atoms with Crippen molar-refractivity contribution < 1.29 is 9.47 Å². The summed E-state index contributed by atoms with van der Waals surface area (Å²) >= 11 is 0. The number of nitrogens with zero attached hydrogens (tertiary/aromatic N) is 2. The molecule has 25 heavy (non-hydrogen) atoms. The Morgan fingerprint density at radius 1 is 0.920 bits per heavy atom. The van der Waals surface area contributed by atoms with Crippen LogP contribution in [0.2, 0.25) is 0 Å². The van der Waals surface area contributed by atoms with E-state index >= 15 is 0 Å². The number of hydrogen-bond acceptors (Lipinski definition) is 4. The maximum atomic E-state index is 5.85. The van der Waals surface area contributed by atoms with Gasteiger partial charge in [0.05, 0.1) is 24.2 Å². The van der Waals surface area contributed by atoms with Gasteiger partial charge in [-0.3, -0.25) is 4.68 Å². The first-order valence-corrected chi connectivity index (χ1v) is 8.21. The number of aromatic nitrogens is 2. The molecule has 5 nitrogen and oxygen atoms in total. The van der Waals surface area contributed by atoms with Gasteiger partial charge in [-0.1, -0.05) is 12.1 Å². The van der Waals surface area contributed by atoms with Gasteiger partial charge < -0.3 is 14.8 Å². The molecular formula is C20H23N3O2. The van der Waals surface area contributed by atoms with Crippen molar-refractivity contribution in [3.8, 4) is 17.2 Å². The number of ether oxygens (including phenoxy) is 2. The molecule has 0 aliphatic heterocycles. The van der Waals surface area contributed by atoms with Gasteiger partial charge in [-0.25, -0.2) is 0 Å². The number of benzene rings is 2. The van der Waals surface area contributed by atoms with Crippen molar-refractivity contribution >= 4 is 5.69 Å². The highest BCUT2D eigenvalue weighted by Gasteiger charge is 2.08. The topological polar surface area (TPSA) is 48.3 Å². The monoisotopic (exact) mass is 337 g/mol. The Hall–Kier alpha value is -2.95. The first-order chi connectivity index (χ1) is 12.1. The summed E-state index contributed by atoms with van der Waals surface area (Å²) in [6.07, 6.45) is 0. The number of hydrogen-bond donors (Lipinski definition) is 1.